The van der Waals surface area contributed by atoms with Crippen molar-refractivity contribution >= 4 is 27.3 Å². The van der Waals surface area contributed by atoms with Crippen LogP contribution in [-0.4, -0.2) is 44.4 Å². The number of nitrogens with one attached hydrogen (secondary N) is 1. The Morgan fingerprint density at radius 2 is 1.50 bits per heavy atom. The number of halogens is 1. The van der Waals surface area contributed by atoms with E-state index in [9.17, 15) is 8.42 Å². The maximum absolute atomic E-state index is 12.5. The van der Waals surface area contributed by atoms with Gasteiger partial charge in [-0.2, -0.15) is 0 Å². The van der Waals surface area contributed by atoms with Gasteiger partial charge >= 0.3 is 0 Å². The maximum atomic E-state index is 12.5. The summed E-state index contributed by atoms with van der Waals surface area (Å²) < 4.78 is 33.0. The standard InChI is InChI=1S/C22H24ClN3O3S/c23-19-5-9-22(10-6-19)30(27,28)24-20-7-3-18(4-8-20)16-25-11-13-26(14-12-25)17-21-2-1-15-29-21/h1-10,15,24H,11-14,16-17H2. The molecule has 0 bridgehead atoms. The van der Waals surface area contributed by atoms with Gasteiger partial charge in [0.2, 0.25) is 0 Å². The number of rotatable bonds is 7. The molecule has 6 nitrogen and oxygen atoms in total. The molecule has 3 aromatic rings. The fourth-order valence-corrected chi connectivity index (χ4v) is 4.68. The number of hydrogen-bond donors (Lipinski definition) is 1. The average molecular weight is 446 g/mol. The lowest BCUT2D eigenvalue weighted by Gasteiger charge is -2.34. The summed E-state index contributed by atoms with van der Waals surface area (Å²) in [5.74, 6) is 1.00. The molecule has 8 heteroatoms. The van der Waals surface area contributed by atoms with Crippen LogP contribution < -0.4 is 4.72 Å². The van der Waals surface area contributed by atoms with Gasteiger partial charge < -0.3 is 4.42 Å². The smallest absolute Gasteiger partial charge is 0.261 e. The zero-order chi connectivity index (χ0) is 21.0. The van der Waals surface area contributed by atoms with E-state index in [1.54, 1.807) is 30.5 Å². The predicted molar refractivity (Wildman–Crippen MR) is 118 cm³/mol. The first-order chi connectivity index (χ1) is 14.5. The van der Waals surface area contributed by atoms with Gasteiger partial charge in [0.25, 0.3) is 10.0 Å². The van der Waals surface area contributed by atoms with Crippen molar-refractivity contribution in [2.75, 3.05) is 30.9 Å². The first-order valence-corrected chi connectivity index (χ1v) is 11.7. The topological polar surface area (TPSA) is 65.8 Å². The van der Waals surface area contributed by atoms with Crippen LogP contribution in [0.3, 0.4) is 0 Å². The van der Waals surface area contributed by atoms with Crippen LogP contribution in [0.5, 0.6) is 0 Å². The summed E-state index contributed by atoms with van der Waals surface area (Å²) in [5, 5.41) is 0.500. The number of furan rings is 1. The monoisotopic (exact) mass is 445 g/mol. The van der Waals surface area contributed by atoms with E-state index in [0.29, 0.717) is 10.7 Å². The van der Waals surface area contributed by atoms with Crippen molar-refractivity contribution in [3.63, 3.8) is 0 Å². The van der Waals surface area contributed by atoms with E-state index in [1.165, 1.54) is 12.1 Å². The van der Waals surface area contributed by atoms with Gasteiger partial charge in [0.1, 0.15) is 5.76 Å². The second-order valence-electron chi connectivity index (χ2n) is 7.39. The first kappa shape index (κ1) is 20.9. The number of nitrogens with zero attached hydrogens (tertiary/aromatic N) is 2. The molecule has 0 spiro atoms. The molecule has 30 heavy (non-hydrogen) atoms. The van der Waals surface area contributed by atoms with Crippen LogP contribution in [0.15, 0.2) is 76.2 Å². The van der Waals surface area contributed by atoms with Crippen LogP contribution in [0.1, 0.15) is 11.3 Å². The van der Waals surface area contributed by atoms with Gasteiger partial charge in [0.05, 0.1) is 17.7 Å². The van der Waals surface area contributed by atoms with Crippen LogP contribution in [0, 0.1) is 0 Å². The molecule has 0 atom stereocenters. The van der Waals surface area contributed by atoms with E-state index in [1.807, 2.05) is 24.3 Å². The summed E-state index contributed by atoms with van der Waals surface area (Å²) >= 11 is 5.83. The van der Waals surface area contributed by atoms with Crippen LogP contribution in [-0.2, 0) is 23.1 Å². The van der Waals surface area contributed by atoms with Crippen molar-refractivity contribution in [2.24, 2.45) is 0 Å². The molecule has 0 radical (unpaired) electrons. The summed E-state index contributed by atoms with van der Waals surface area (Å²) in [7, 11) is -3.63. The van der Waals surface area contributed by atoms with E-state index >= 15 is 0 Å². The zero-order valence-corrected chi connectivity index (χ0v) is 18.1. The van der Waals surface area contributed by atoms with Gasteiger partial charge in [-0.3, -0.25) is 14.5 Å². The molecule has 4 rings (SSSR count). The highest BCUT2D eigenvalue weighted by Crippen LogP contribution is 2.19. The third-order valence-corrected chi connectivity index (χ3v) is 6.81. The Hall–Kier alpha value is -2.32. The Morgan fingerprint density at radius 3 is 2.10 bits per heavy atom. The van der Waals surface area contributed by atoms with Crippen molar-refractivity contribution in [1.82, 2.24) is 9.80 Å². The normalized spacial score (nSPS) is 15.9. The van der Waals surface area contributed by atoms with Gasteiger partial charge in [-0.15, -0.1) is 0 Å². The van der Waals surface area contributed by atoms with E-state index in [4.69, 9.17) is 16.0 Å². The zero-order valence-electron chi connectivity index (χ0n) is 16.5. The van der Waals surface area contributed by atoms with Crippen molar-refractivity contribution in [2.45, 2.75) is 18.0 Å². The molecular weight excluding hydrogens is 422 g/mol. The Labute approximate surface area is 182 Å². The summed E-state index contributed by atoms with van der Waals surface area (Å²) in [5.41, 5.74) is 1.70. The van der Waals surface area contributed by atoms with Gasteiger partial charge in [0.15, 0.2) is 0 Å². The van der Waals surface area contributed by atoms with Gasteiger partial charge in [0, 0.05) is 43.4 Å². The highest BCUT2D eigenvalue weighted by Gasteiger charge is 2.18. The van der Waals surface area contributed by atoms with Gasteiger partial charge in [-0.05, 0) is 54.1 Å². The molecule has 1 aromatic heterocycles. The Balaban J connectivity index is 1.29. The van der Waals surface area contributed by atoms with Crippen LogP contribution in [0.25, 0.3) is 0 Å². The number of sulfonamides is 1. The largest absolute Gasteiger partial charge is 0.468 e. The lowest BCUT2D eigenvalue weighted by atomic mass is 10.2. The number of anilines is 1. The lowest BCUT2D eigenvalue weighted by Crippen LogP contribution is -2.45. The summed E-state index contributed by atoms with van der Waals surface area (Å²) in [4.78, 5) is 4.98. The fraction of sp³-hybridized carbons (Fsp3) is 0.273. The lowest BCUT2D eigenvalue weighted by molar-refractivity contribution is 0.116. The molecule has 1 fully saturated rings. The van der Waals surface area contributed by atoms with E-state index < -0.39 is 10.0 Å². The molecule has 1 aliphatic heterocycles. The molecular formula is C22H24ClN3O3S. The second-order valence-corrected chi connectivity index (χ2v) is 9.51. The van der Waals surface area contributed by atoms with E-state index in [0.717, 1.165) is 50.6 Å². The average Bonchev–Trinajstić information content (AvgIpc) is 3.24. The molecule has 1 saturated heterocycles. The minimum absolute atomic E-state index is 0.184. The minimum atomic E-state index is -3.63. The molecule has 0 saturated carbocycles. The van der Waals surface area contributed by atoms with Crippen molar-refractivity contribution in [3.8, 4) is 0 Å². The van der Waals surface area contributed by atoms with E-state index in [-0.39, 0.29) is 4.90 Å². The number of hydrogen-bond acceptors (Lipinski definition) is 5. The fourth-order valence-electron chi connectivity index (χ4n) is 3.49. The SMILES string of the molecule is O=S(=O)(Nc1ccc(CN2CCN(Cc3ccco3)CC2)cc1)c1ccc(Cl)cc1. The molecule has 1 aliphatic rings. The quantitative estimate of drug-likeness (QED) is 0.594. The predicted octanol–water partition coefficient (Wildman–Crippen LogP) is 4.05. The van der Waals surface area contributed by atoms with Gasteiger partial charge in [-0.25, -0.2) is 8.42 Å². The molecule has 2 heterocycles. The third kappa shape index (κ3) is 5.43. The highest BCUT2D eigenvalue weighted by molar-refractivity contribution is 7.92. The molecule has 0 amide bonds. The first-order valence-electron chi connectivity index (χ1n) is 9.82. The van der Waals surface area contributed by atoms with Crippen molar-refractivity contribution in [3.05, 3.63) is 83.3 Å². The molecule has 158 valence electrons. The molecule has 1 N–H and O–H groups in total. The van der Waals surface area contributed by atoms with Crippen molar-refractivity contribution < 1.29 is 12.8 Å². The second kappa shape index (κ2) is 9.22. The van der Waals surface area contributed by atoms with Crippen LogP contribution in [0.4, 0.5) is 5.69 Å². The molecule has 0 aliphatic carbocycles. The maximum Gasteiger partial charge on any atom is 0.261 e. The molecule has 0 unspecified atom stereocenters. The van der Waals surface area contributed by atoms with Gasteiger partial charge in [-0.1, -0.05) is 23.7 Å². The summed E-state index contributed by atoms with van der Waals surface area (Å²) in [6.45, 7) is 5.68. The van der Waals surface area contributed by atoms with Crippen LogP contribution >= 0.6 is 11.6 Å². The Bertz CT molecular complexity index is 1040. The van der Waals surface area contributed by atoms with Crippen LogP contribution in [0.2, 0.25) is 5.02 Å². The Morgan fingerprint density at radius 1 is 0.867 bits per heavy atom. The summed E-state index contributed by atoms with van der Waals surface area (Å²) in [6.07, 6.45) is 1.71. The number of benzene rings is 2. The Kier molecular flexibility index (Phi) is 6.43. The third-order valence-electron chi connectivity index (χ3n) is 5.16. The molecule has 2 aromatic carbocycles. The summed E-state index contributed by atoms with van der Waals surface area (Å²) in [6, 6.07) is 17.6. The minimum Gasteiger partial charge on any atom is -0.468 e. The highest BCUT2D eigenvalue weighted by atomic mass is 35.5. The van der Waals surface area contributed by atoms with Crippen molar-refractivity contribution in [1.29, 1.82) is 0 Å². The van der Waals surface area contributed by atoms with E-state index in [2.05, 4.69) is 14.5 Å². The number of piperazine rings is 1.